The van der Waals surface area contributed by atoms with Crippen LogP contribution >= 0.6 is 0 Å². The third kappa shape index (κ3) is 4.88. The molecular formula is C17H20N2O4. The first-order valence-corrected chi connectivity index (χ1v) is 7.45. The molecule has 0 aliphatic heterocycles. The van der Waals surface area contributed by atoms with Gasteiger partial charge in [0.05, 0.1) is 0 Å². The van der Waals surface area contributed by atoms with Crippen LogP contribution in [0, 0.1) is 0 Å². The van der Waals surface area contributed by atoms with E-state index in [1.165, 1.54) is 0 Å². The Morgan fingerprint density at radius 3 is 2.61 bits per heavy atom. The quantitative estimate of drug-likeness (QED) is 0.820. The number of hydrogen-bond acceptors (Lipinski definition) is 4. The number of likely N-dealkylation sites (N-methyl/N-ethyl adjacent to an activating group) is 1. The van der Waals surface area contributed by atoms with E-state index in [-0.39, 0.29) is 18.3 Å². The van der Waals surface area contributed by atoms with Crippen LogP contribution in [0.15, 0.2) is 46.9 Å². The zero-order valence-electron chi connectivity index (χ0n) is 13.2. The van der Waals surface area contributed by atoms with Gasteiger partial charge in [-0.25, -0.2) is 0 Å². The maximum atomic E-state index is 12.0. The highest BCUT2D eigenvalue weighted by Gasteiger charge is 2.18. The van der Waals surface area contributed by atoms with Crippen molar-refractivity contribution in [3.8, 4) is 5.75 Å². The van der Waals surface area contributed by atoms with E-state index in [9.17, 15) is 9.59 Å². The second kappa shape index (κ2) is 8.03. The number of furan rings is 1. The highest BCUT2D eigenvalue weighted by atomic mass is 16.5. The molecule has 2 N–H and O–H groups in total. The highest BCUT2D eigenvalue weighted by molar-refractivity contribution is 5.95. The van der Waals surface area contributed by atoms with Gasteiger partial charge in [-0.15, -0.1) is 0 Å². The molecule has 2 rings (SSSR count). The first kappa shape index (κ1) is 16.6. The molecule has 0 spiro atoms. The lowest BCUT2D eigenvalue weighted by Gasteiger charge is -2.12. The van der Waals surface area contributed by atoms with Crippen LogP contribution in [0.4, 0.5) is 0 Å². The third-order valence-corrected chi connectivity index (χ3v) is 3.10. The fourth-order valence-corrected chi connectivity index (χ4v) is 1.91. The lowest BCUT2D eigenvalue weighted by Crippen LogP contribution is -2.44. The molecule has 1 atom stereocenters. The topological polar surface area (TPSA) is 80.6 Å². The van der Waals surface area contributed by atoms with Crippen LogP contribution in [-0.4, -0.2) is 24.4 Å². The van der Waals surface area contributed by atoms with Crippen LogP contribution in [0.2, 0.25) is 0 Å². The molecule has 0 unspecified atom stereocenters. The molecule has 0 bridgehead atoms. The molecular weight excluding hydrogens is 296 g/mol. The third-order valence-electron chi connectivity index (χ3n) is 3.10. The number of ether oxygens (including phenoxy) is 1. The lowest BCUT2D eigenvalue weighted by atomic mass is 10.3. The number of para-hydroxylation sites is 1. The van der Waals surface area contributed by atoms with E-state index in [0.29, 0.717) is 12.3 Å². The van der Waals surface area contributed by atoms with Crippen molar-refractivity contribution < 1.29 is 18.7 Å². The molecule has 1 aromatic heterocycles. The Morgan fingerprint density at radius 1 is 1.17 bits per heavy atom. The molecule has 1 heterocycles. The Morgan fingerprint density at radius 2 is 1.91 bits per heavy atom. The van der Waals surface area contributed by atoms with E-state index in [4.69, 9.17) is 9.15 Å². The number of benzene rings is 1. The Labute approximate surface area is 134 Å². The van der Waals surface area contributed by atoms with Crippen LogP contribution in [0.3, 0.4) is 0 Å². The van der Waals surface area contributed by atoms with Gasteiger partial charge in [-0.1, -0.05) is 18.2 Å². The first-order chi connectivity index (χ1) is 11.1. The van der Waals surface area contributed by atoms with E-state index in [0.717, 1.165) is 5.75 Å². The fraction of sp³-hybridized carbons (Fsp3) is 0.294. The number of rotatable bonds is 7. The lowest BCUT2D eigenvalue weighted by molar-refractivity contribution is -0.122. The van der Waals surface area contributed by atoms with Gasteiger partial charge in [0.25, 0.3) is 5.91 Å². The van der Waals surface area contributed by atoms with Gasteiger partial charge in [0, 0.05) is 6.54 Å². The maximum Gasteiger partial charge on any atom is 0.287 e. The maximum absolute atomic E-state index is 12.0. The van der Waals surface area contributed by atoms with Crippen LogP contribution in [0.1, 0.15) is 30.2 Å². The SMILES string of the molecule is CCNC(=O)[C@H](C)NC(=O)c1ccc(COc2ccccc2)o1. The van der Waals surface area contributed by atoms with Gasteiger partial charge in [0.15, 0.2) is 5.76 Å². The Hall–Kier alpha value is -2.76. The van der Waals surface area contributed by atoms with Crippen molar-refractivity contribution in [3.05, 3.63) is 54.0 Å². The molecule has 6 nitrogen and oxygen atoms in total. The summed E-state index contributed by atoms with van der Waals surface area (Å²) in [6.07, 6.45) is 0. The smallest absolute Gasteiger partial charge is 0.287 e. The molecule has 0 saturated carbocycles. The summed E-state index contributed by atoms with van der Waals surface area (Å²) in [7, 11) is 0. The Balaban J connectivity index is 1.88. The van der Waals surface area contributed by atoms with E-state index < -0.39 is 11.9 Å². The standard InChI is InChI=1S/C17H20N2O4/c1-3-18-16(20)12(2)19-17(21)15-10-9-14(23-15)11-22-13-7-5-4-6-8-13/h4-10,12H,3,11H2,1-2H3,(H,18,20)(H,19,21)/t12-/m0/s1. The summed E-state index contributed by atoms with van der Waals surface area (Å²) in [6.45, 7) is 4.17. The summed E-state index contributed by atoms with van der Waals surface area (Å²) in [5.41, 5.74) is 0. The summed E-state index contributed by atoms with van der Waals surface area (Å²) in [6, 6.07) is 11.9. The summed E-state index contributed by atoms with van der Waals surface area (Å²) in [5.74, 6) is 0.729. The molecule has 0 fully saturated rings. The average Bonchev–Trinajstić information content (AvgIpc) is 3.03. The van der Waals surface area contributed by atoms with Crippen molar-refractivity contribution in [3.63, 3.8) is 0 Å². The van der Waals surface area contributed by atoms with Gasteiger partial charge in [-0.2, -0.15) is 0 Å². The predicted molar refractivity (Wildman–Crippen MR) is 85.1 cm³/mol. The first-order valence-electron chi connectivity index (χ1n) is 7.45. The molecule has 6 heteroatoms. The zero-order chi connectivity index (χ0) is 16.7. The molecule has 23 heavy (non-hydrogen) atoms. The minimum Gasteiger partial charge on any atom is -0.486 e. The van der Waals surface area contributed by atoms with Gasteiger partial charge >= 0.3 is 0 Å². The molecule has 0 radical (unpaired) electrons. The number of amides is 2. The number of carbonyl (C=O) groups is 2. The summed E-state index contributed by atoms with van der Waals surface area (Å²) >= 11 is 0. The highest BCUT2D eigenvalue weighted by Crippen LogP contribution is 2.14. The summed E-state index contributed by atoms with van der Waals surface area (Å²) in [4.78, 5) is 23.6. The normalized spacial score (nSPS) is 11.6. The predicted octanol–water partition coefficient (Wildman–Crippen LogP) is 2.11. The van der Waals surface area contributed by atoms with Crippen molar-refractivity contribution in [1.82, 2.24) is 10.6 Å². The van der Waals surface area contributed by atoms with Crippen LogP contribution in [0.25, 0.3) is 0 Å². The summed E-state index contributed by atoms with van der Waals surface area (Å²) in [5, 5.41) is 5.22. The minimum atomic E-state index is -0.628. The van der Waals surface area contributed by atoms with Gasteiger partial charge in [-0.3, -0.25) is 9.59 Å². The van der Waals surface area contributed by atoms with Gasteiger partial charge < -0.3 is 19.8 Å². The van der Waals surface area contributed by atoms with Crippen molar-refractivity contribution in [2.75, 3.05) is 6.54 Å². The average molecular weight is 316 g/mol. The van der Waals surface area contributed by atoms with E-state index in [2.05, 4.69) is 10.6 Å². The van der Waals surface area contributed by atoms with Crippen molar-refractivity contribution in [2.24, 2.45) is 0 Å². The van der Waals surface area contributed by atoms with Crippen molar-refractivity contribution in [2.45, 2.75) is 26.5 Å². The van der Waals surface area contributed by atoms with Crippen molar-refractivity contribution >= 4 is 11.8 Å². The van der Waals surface area contributed by atoms with E-state index in [1.54, 1.807) is 19.1 Å². The fourth-order valence-electron chi connectivity index (χ4n) is 1.91. The molecule has 2 amide bonds. The number of hydrogen-bond donors (Lipinski definition) is 2. The largest absolute Gasteiger partial charge is 0.486 e. The number of nitrogens with one attached hydrogen (secondary N) is 2. The molecule has 1 aromatic carbocycles. The summed E-state index contributed by atoms with van der Waals surface area (Å²) < 4.78 is 11.0. The van der Waals surface area contributed by atoms with Gasteiger partial charge in [0.2, 0.25) is 5.91 Å². The second-order valence-corrected chi connectivity index (χ2v) is 4.96. The van der Waals surface area contributed by atoms with Crippen LogP contribution < -0.4 is 15.4 Å². The second-order valence-electron chi connectivity index (χ2n) is 4.96. The Bertz CT molecular complexity index is 652. The van der Waals surface area contributed by atoms with E-state index in [1.807, 2.05) is 37.3 Å². The Kier molecular flexibility index (Phi) is 5.80. The molecule has 0 aliphatic rings. The zero-order valence-corrected chi connectivity index (χ0v) is 13.2. The molecule has 122 valence electrons. The van der Waals surface area contributed by atoms with Gasteiger partial charge in [0.1, 0.15) is 24.2 Å². The monoisotopic (exact) mass is 316 g/mol. The van der Waals surface area contributed by atoms with Gasteiger partial charge in [-0.05, 0) is 38.1 Å². The van der Waals surface area contributed by atoms with E-state index >= 15 is 0 Å². The van der Waals surface area contributed by atoms with Crippen LogP contribution in [-0.2, 0) is 11.4 Å². The molecule has 0 saturated heterocycles. The van der Waals surface area contributed by atoms with Crippen molar-refractivity contribution in [1.29, 1.82) is 0 Å². The minimum absolute atomic E-state index is 0.146. The van der Waals surface area contributed by atoms with Crippen LogP contribution in [0.5, 0.6) is 5.75 Å². The molecule has 2 aromatic rings. The molecule has 0 aliphatic carbocycles. The number of carbonyl (C=O) groups excluding carboxylic acids is 2.